The van der Waals surface area contributed by atoms with Crippen LogP contribution in [0, 0.1) is 17.1 Å². The highest BCUT2D eigenvalue weighted by Gasteiger charge is 2.04. The molecule has 2 aromatic rings. The van der Waals surface area contributed by atoms with Crippen LogP contribution in [-0.4, -0.2) is 0 Å². The van der Waals surface area contributed by atoms with Crippen LogP contribution in [0.1, 0.15) is 16.0 Å². The van der Waals surface area contributed by atoms with E-state index in [1.54, 1.807) is 23.5 Å². The van der Waals surface area contributed by atoms with Gasteiger partial charge in [-0.25, -0.2) is 4.39 Å². The number of thiophene rings is 1. The van der Waals surface area contributed by atoms with E-state index < -0.39 is 5.82 Å². The molecule has 0 radical (unpaired) electrons. The Bertz CT molecular complexity index is 589. The first kappa shape index (κ1) is 13.2. The van der Waals surface area contributed by atoms with Crippen LogP contribution in [0.4, 0.5) is 4.39 Å². The number of hydrogen-bond acceptors (Lipinski definition) is 3. The van der Waals surface area contributed by atoms with E-state index in [9.17, 15) is 4.39 Å². The van der Waals surface area contributed by atoms with Crippen molar-refractivity contribution in [2.24, 2.45) is 0 Å². The molecule has 0 atom stereocenters. The smallest absolute Gasteiger partial charge is 0.140 e. The highest BCUT2D eigenvalue weighted by atomic mass is 79.9. The van der Waals surface area contributed by atoms with Gasteiger partial charge in [-0.15, -0.1) is 11.3 Å². The van der Waals surface area contributed by atoms with Gasteiger partial charge in [0.05, 0.1) is 5.56 Å². The predicted octanol–water partition coefficient (Wildman–Crippen LogP) is 3.81. The predicted molar refractivity (Wildman–Crippen MR) is 73.7 cm³/mol. The van der Waals surface area contributed by atoms with E-state index in [-0.39, 0.29) is 5.56 Å². The van der Waals surface area contributed by atoms with Crippen LogP contribution < -0.4 is 5.32 Å². The summed E-state index contributed by atoms with van der Waals surface area (Å²) in [5, 5.41) is 14.0. The highest BCUT2D eigenvalue weighted by molar-refractivity contribution is 9.10. The van der Waals surface area contributed by atoms with Crippen molar-refractivity contribution in [1.82, 2.24) is 5.32 Å². The van der Waals surface area contributed by atoms with E-state index in [1.807, 2.05) is 17.5 Å². The van der Waals surface area contributed by atoms with Gasteiger partial charge in [-0.3, -0.25) is 0 Å². The standard InChI is InChI=1S/C13H10BrFN2S/c14-11-3-4-18-13(11)8-17-7-9-1-2-12(15)10(5-9)6-16/h1-5,17H,7-8H2. The molecule has 0 aliphatic rings. The fraction of sp³-hybridized carbons (Fsp3) is 0.154. The second-order valence-electron chi connectivity index (χ2n) is 3.72. The number of hydrogen-bond donors (Lipinski definition) is 1. The van der Waals surface area contributed by atoms with Crippen LogP contribution in [0.5, 0.6) is 0 Å². The normalized spacial score (nSPS) is 10.3. The Morgan fingerprint density at radius 3 is 2.83 bits per heavy atom. The first-order valence-corrected chi connectivity index (χ1v) is 6.99. The van der Waals surface area contributed by atoms with Crippen molar-refractivity contribution in [2.75, 3.05) is 0 Å². The molecule has 1 N–H and O–H groups in total. The van der Waals surface area contributed by atoms with Gasteiger partial charge in [-0.05, 0) is 45.1 Å². The molecule has 1 aromatic heterocycles. The number of nitrogens with zero attached hydrogens (tertiary/aromatic N) is 1. The van der Waals surface area contributed by atoms with E-state index in [0.717, 1.165) is 16.6 Å². The molecular weight excluding hydrogens is 315 g/mol. The summed E-state index contributed by atoms with van der Waals surface area (Å²) in [4.78, 5) is 1.22. The summed E-state index contributed by atoms with van der Waals surface area (Å²) in [6, 6.07) is 8.44. The number of benzene rings is 1. The zero-order valence-corrected chi connectivity index (χ0v) is 11.8. The molecule has 5 heteroatoms. The summed E-state index contributed by atoms with van der Waals surface area (Å²) in [6.07, 6.45) is 0. The lowest BCUT2D eigenvalue weighted by molar-refractivity contribution is 0.621. The Morgan fingerprint density at radius 1 is 1.33 bits per heavy atom. The molecule has 0 bridgehead atoms. The Morgan fingerprint density at radius 2 is 2.17 bits per heavy atom. The molecule has 1 heterocycles. The topological polar surface area (TPSA) is 35.8 Å². The van der Waals surface area contributed by atoms with Gasteiger partial charge in [0.2, 0.25) is 0 Å². The third-order valence-corrected chi connectivity index (χ3v) is 4.38. The van der Waals surface area contributed by atoms with Gasteiger partial charge >= 0.3 is 0 Å². The highest BCUT2D eigenvalue weighted by Crippen LogP contribution is 2.22. The number of rotatable bonds is 4. The first-order valence-electron chi connectivity index (χ1n) is 5.32. The van der Waals surface area contributed by atoms with E-state index in [0.29, 0.717) is 6.54 Å². The summed E-state index contributed by atoms with van der Waals surface area (Å²) >= 11 is 5.14. The van der Waals surface area contributed by atoms with Crippen molar-refractivity contribution in [3.63, 3.8) is 0 Å². The molecule has 0 amide bonds. The summed E-state index contributed by atoms with van der Waals surface area (Å²) in [6.45, 7) is 1.36. The van der Waals surface area contributed by atoms with E-state index in [4.69, 9.17) is 5.26 Å². The number of halogens is 2. The van der Waals surface area contributed by atoms with Crippen molar-refractivity contribution in [2.45, 2.75) is 13.1 Å². The van der Waals surface area contributed by atoms with Crippen molar-refractivity contribution in [3.05, 3.63) is 55.9 Å². The minimum atomic E-state index is -0.470. The Balaban J connectivity index is 1.95. The van der Waals surface area contributed by atoms with Crippen LogP contribution in [0.3, 0.4) is 0 Å². The first-order chi connectivity index (χ1) is 8.70. The molecule has 0 fully saturated rings. The van der Waals surface area contributed by atoms with Gasteiger partial charge in [-0.1, -0.05) is 6.07 Å². The lowest BCUT2D eigenvalue weighted by atomic mass is 10.1. The van der Waals surface area contributed by atoms with Crippen molar-refractivity contribution in [1.29, 1.82) is 5.26 Å². The fourth-order valence-electron chi connectivity index (χ4n) is 1.54. The van der Waals surface area contributed by atoms with Gasteiger partial charge < -0.3 is 5.32 Å². The molecule has 0 spiro atoms. The molecule has 1 aromatic carbocycles. The molecule has 0 saturated carbocycles. The van der Waals surface area contributed by atoms with E-state index in [1.165, 1.54) is 10.9 Å². The number of nitrogens with one attached hydrogen (secondary N) is 1. The summed E-state index contributed by atoms with van der Waals surface area (Å²) in [7, 11) is 0. The molecule has 0 saturated heterocycles. The molecule has 0 aliphatic heterocycles. The molecule has 2 nitrogen and oxygen atoms in total. The fourth-order valence-corrected chi connectivity index (χ4v) is 3.00. The summed E-state index contributed by atoms with van der Waals surface area (Å²) in [5.41, 5.74) is 0.993. The van der Waals surface area contributed by atoms with Crippen LogP contribution in [0.2, 0.25) is 0 Å². The van der Waals surface area contributed by atoms with E-state index in [2.05, 4.69) is 21.2 Å². The molecule has 0 unspecified atom stereocenters. The average molecular weight is 325 g/mol. The Kier molecular flexibility index (Phi) is 4.48. The maximum Gasteiger partial charge on any atom is 0.140 e. The minimum absolute atomic E-state index is 0.0894. The molecule has 92 valence electrons. The second kappa shape index (κ2) is 6.10. The minimum Gasteiger partial charge on any atom is -0.308 e. The van der Waals surface area contributed by atoms with Crippen LogP contribution in [0.25, 0.3) is 0 Å². The molecule has 0 aliphatic carbocycles. The third-order valence-electron chi connectivity index (χ3n) is 2.46. The lowest BCUT2D eigenvalue weighted by Gasteiger charge is -2.05. The molecular formula is C13H10BrFN2S. The summed E-state index contributed by atoms with van der Waals surface area (Å²) < 4.78 is 14.2. The average Bonchev–Trinajstić information content (AvgIpc) is 2.77. The maximum absolute atomic E-state index is 13.1. The molecule has 18 heavy (non-hydrogen) atoms. The van der Waals surface area contributed by atoms with Gasteiger partial charge in [0.25, 0.3) is 0 Å². The lowest BCUT2D eigenvalue weighted by Crippen LogP contribution is -2.12. The Hall–Kier alpha value is -1.22. The maximum atomic E-state index is 13.1. The zero-order valence-electron chi connectivity index (χ0n) is 9.41. The van der Waals surface area contributed by atoms with Gasteiger partial charge in [0.1, 0.15) is 11.9 Å². The zero-order chi connectivity index (χ0) is 13.0. The van der Waals surface area contributed by atoms with E-state index >= 15 is 0 Å². The summed E-state index contributed by atoms with van der Waals surface area (Å²) in [5.74, 6) is -0.470. The SMILES string of the molecule is N#Cc1cc(CNCc2sccc2Br)ccc1F. The van der Waals surface area contributed by atoms with Crippen molar-refractivity contribution >= 4 is 27.3 Å². The van der Waals surface area contributed by atoms with Gasteiger partial charge in [0.15, 0.2) is 0 Å². The van der Waals surface area contributed by atoms with Gasteiger partial charge in [0, 0.05) is 22.4 Å². The van der Waals surface area contributed by atoms with Crippen LogP contribution in [0.15, 0.2) is 34.1 Å². The molecule has 2 rings (SSSR count). The van der Waals surface area contributed by atoms with Gasteiger partial charge in [-0.2, -0.15) is 5.26 Å². The quantitative estimate of drug-likeness (QED) is 0.928. The van der Waals surface area contributed by atoms with Crippen molar-refractivity contribution in [3.8, 4) is 6.07 Å². The van der Waals surface area contributed by atoms with Crippen LogP contribution in [-0.2, 0) is 13.1 Å². The van der Waals surface area contributed by atoms with Crippen molar-refractivity contribution < 1.29 is 4.39 Å². The second-order valence-corrected chi connectivity index (χ2v) is 5.58. The third kappa shape index (κ3) is 3.16. The Labute approximate surface area is 117 Å². The largest absolute Gasteiger partial charge is 0.308 e. The monoisotopic (exact) mass is 324 g/mol. The number of nitriles is 1. The van der Waals surface area contributed by atoms with Crippen LogP contribution >= 0.6 is 27.3 Å².